The smallest absolute Gasteiger partial charge is 0.434 e. The van der Waals surface area contributed by atoms with Gasteiger partial charge in [0.2, 0.25) is 0 Å². The molecule has 172 valence electrons. The summed E-state index contributed by atoms with van der Waals surface area (Å²) in [6.45, 7) is 17.7. The van der Waals surface area contributed by atoms with Crippen molar-refractivity contribution >= 4 is 17.2 Å². The van der Waals surface area contributed by atoms with E-state index in [1.54, 1.807) is 0 Å². The van der Waals surface area contributed by atoms with Crippen LogP contribution in [-0.4, -0.2) is 18.7 Å². The molecular weight excluding hydrogens is 457 g/mol. The van der Waals surface area contributed by atoms with Crippen LogP contribution in [0.15, 0.2) is 42.5 Å². The maximum absolute atomic E-state index is 6.87. The van der Waals surface area contributed by atoms with E-state index in [-0.39, 0.29) is 24.9 Å². The van der Waals surface area contributed by atoms with Crippen molar-refractivity contribution < 1.29 is 28.7 Å². The second-order valence-electron chi connectivity index (χ2n) is 9.65. The normalized spacial score (nSPS) is 15.5. The van der Waals surface area contributed by atoms with Crippen molar-refractivity contribution in [2.75, 3.05) is 16.3 Å². The first kappa shape index (κ1) is 25.9. The summed E-state index contributed by atoms with van der Waals surface area (Å²) < 4.78 is 6.87. The Balaban J connectivity index is 0.00000324. The van der Waals surface area contributed by atoms with Gasteiger partial charge in [-0.1, -0.05) is 53.6 Å². The molecule has 1 atom stereocenters. The summed E-state index contributed by atoms with van der Waals surface area (Å²) in [6, 6.07) is 15.2. The van der Waals surface area contributed by atoms with Crippen LogP contribution in [0.2, 0.25) is 0 Å². The van der Waals surface area contributed by atoms with E-state index in [9.17, 15) is 0 Å². The van der Waals surface area contributed by atoms with E-state index >= 15 is 0 Å². The number of aryl methyl sites for hydroxylation is 8. The molecule has 4 rings (SSSR count). The number of rotatable bonds is 4. The number of anilines is 2. The molecule has 0 radical (unpaired) electrons. The van der Waals surface area contributed by atoms with Crippen LogP contribution in [0, 0.1) is 55.4 Å². The van der Waals surface area contributed by atoms with Crippen molar-refractivity contribution in [3.05, 3.63) is 87.0 Å². The molecule has 0 spiro atoms. The van der Waals surface area contributed by atoms with Crippen molar-refractivity contribution in [1.29, 1.82) is 0 Å². The van der Waals surface area contributed by atoms with Gasteiger partial charge >= 0.3 is 24.9 Å². The predicted octanol–water partition coefficient (Wildman–Crippen LogP) is 5.00. The molecule has 1 saturated heterocycles. The summed E-state index contributed by atoms with van der Waals surface area (Å²) >= 11 is 0. The van der Waals surface area contributed by atoms with E-state index in [1.807, 2.05) is 0 Å². The first-order valence-corrected chi connectivity index (χ1v) is 11.6. The minimum atomic E-state index is -0.384. The molecule has 4 nitrogen and oxygen atoms in total. The first-order valence-electron chi connectivity index (χ1n) is 11.6. The Morgan fingerprint density at radius 1 is 0.706 bits per heavy atom. The Hall–Kier alpha value is -2.69. The molecule has 1 aliphatic rings. The molecule has 0 bridgehead atoms. The Morgan fingerprint density at radius 3 is 1.62 bits per heavy atom. The third kappa shape index (κ3) is 4.62. The van der Waals surface area contributed by atoms with Crippen LogP contribution in [0.4, 0.5) is 11.4 Å². The van der Waals surface area contributed by atoms with Crippen LogP contribution in [0.1, 0.15) is 44.5 Å². The average Bonchev–Trinajstić information content (AvgIpc) is 2.99. The monoisotopic (exact) mass is 493 g/mol. The van der Waals surface area contributed by atoms with Gasteiger partial charge < -0.3 is 4.74 Å². The first-order chi connectivity index (χ1) is 15.6. The Morgan fingerprint density at radius 2 is 1.15 bits per heavy atom. The van der Waals surface area contributed by atoms with Gasteiger partial charge in [-0.25, -0.2) is 0 Å². The van der Waals surface area contributed by atoms with Crippen LogP contribution in [0.5, 0.6) is 5.75 Å². The van der Waals surface area contributed by atoms with Crippen LogP contribution in [-0.2, 0) is 18.6 Å². The van der Waals surface area contributed by atoms with Gasteiger partial charge in [-0.2, -0.15) is 4.90 Å². The number of nitrogens with two attached hydrogens (primary N) is 1. The fourth-order valence-corrected chi connectivity index (χ4v) is 5.44. The summed E-state index contributed by atoms with van der Waals surface area (Å²) in [4.78, 5) is 4.50. The SMILES string of the molecule is Cc1cc(C)c(N2CC(=[NH2+])N(c3c(C)cc(C)cc3C)C2Oc2c(C)cccc2C)c(C)c1.[V+5]. The fraction of sp³-hybridized carbons (Fsp3) is 0.345. The van der Waals surface area contributed by atoms with Gasteiger partial charge in [0.05, 0.1) is 0 Å². The second kappa shape index (κ2) is 9.89. The van der Waals surface area contributed by atoms with E-state index in [4.69, 9.17) is 10.1 Å². The van der Waals surface area contributed by atoms with Crippen molar-refractivity contribution in [3.8, 4) is 5.75 Å². The van der Waals surface area contributed by atoms with E-state index < -0.39 is 0 Å². The molecule has 34 heavy (non-hydrogen) atoms. The summed E-state index contributed by atoms with van der Waals surface area (Å²) in [5.74, 6) is 1.71. The quantitative estimate of drug-likeness (QED) is 0.556. The molecule has 1 heterocycles. The second-order valence-corrected chi connectivity index (χ2v) is 9.65. The summed E-state index contributed by atoms with van der Waals surface area (Å²) in [5, 5.41) is 6.79. The average molecular weight is 494 g/mol. The summed E-state index contributed by atoms with van der Waals surface area (Å²) in [6.07, 6.45) is -0.384. The Bertz CT molecular complexity index is 1180. The van der Waals surface area contributed by atoms with Crippen LogP contribution < -0.4 is 19.9 Å². The Kier molecular flexibility index (Phi) is 7.54. The minimum Gasteiger partial charge on any atom is -0.434 e. The van der Waals surface area contributed by atoms with Gasteiger partial charge in [0.1, 0.15) is 18.0 Å². The van der Waals surface area contributed by atoms with E-state index in [0.717, 1.165) is 28.4 Å². The molecule has 3 aromatic rings. The Labute approximate surface area is 216 Å². The molecule has 2 N–H and O–H groups in total. The van der Waals surface area contributed by atoms with E-state index in [2.05, 4.69) is 108 Å². The topological polar surface area (TPSA) is 41.3 Å². The van der Waals surface area contributed by atoms with Crippen LogP contribution >= 0.6 is 0 Å². The number of hydrogen-bond acceptors (Lipinski definition) is 2. The molecule has 1 aliphatic heterocycles. The molecule has 0 aromatic heterocycles. The number of benzene rings is 3. The maximum atomic E-state index is 6.87. The molecule has 5 heteroatoms. The zero-order valence-electron chi connectivity index (χ0n) is 21.7. The number of hydrogen-bond donors (Lipinski definition) is 1. The summed E-state index contributed by atoms with van der Waals surface area (Å²) in [7, 11) is 0. The van der Waals surface area contributed by atoms with Gasteiger partial charge in [-0.15, -0.1) is 0 Å². The molecule has 0 amide bonds. The maximum Gasteiger partial charge on any atom is 5.00 e. The predicted molar refractivity (Wildman–Crippen MR) is 138 cm³/mol. The van der Waals surface area contributed by atoms with E-state index in [1.165, 1.54) is 39.1 Å². The van der Waals surface area contributed by atoms with E-state index in [0.29, 0.717) is 6.54 Å². The number of nitrogens with zero attached hydrogens (tertiary/aromatic N) is 2. The summed E-state index contributed by atoms with van der Waals surface area (Å²) in [5.41, 5.74) is 11.9. The third-order valence-corrected chi connectivity index (χ3v) is 6.56. The molecular formula is C29H36N3OV+6. The molecule has 0 saturated carbocycles. The number of ether oxygens (including phenoxy) is 1. The van der Waals surface area contributed by atoms with Crippen molar-refractivity contribution in [3.63, 3.8) is 0 Å². The van der Waals surface area contributed by atoms with Crippen molar-refractivity contribution in [2.45, 2.75) is 61.7 Å². The van der Waals surface area contributed by atoms with Gasteiger partial charge in [-0.05, 0) is 88.8 Å². The number of amidine groups is 1. The van der Waals surface area contributed by atoms with Crippen molar-refractivity contribution in [1.82, 2.24) is 0 Å². The fourth-order valence-electron chi connectivity index (χ4n) is 5.44. The zero-order chi connectivity index (χ0) is 24.0. The van der Waals surface area contributed by atoms with Gasteiger partial charge in [0.25, 0.3) is 5.84 Å². The standard InChI is InChI=1S/C29H35N3O.V/c1-17-12-21(5)26(22(6)13-17)31-16-25(30)32(27-23(7)14-18(2)15-24(27)8)29(31)33-28-19(3)10-9-11-20(28)4;/h9-15,29-30H,16H2,1-8H3;/q;+5/p+1. The molecule has 0 aliphatic carbocycles. The zero-order valence-corrected chi connectivity index (χ0v) is 23.0. The third-order valence-electron chi connectivity index (χ3n) is 6.56. The molecule has 1 unspecified atom stereocenters. The van der Waals surface area contributed by atoms with Crippen LogP contribution in [0.25, 0.3) is 0 Å². The van der Waals surface area contributed by atoms with Crippen molar-refractivity contribution in [2.24, 2.45) is 0 Å². The minimum absolute atomic E-state index is 0. The molecule has 1 fully saturated rings. The van der Waals surface area contributed by atoms with Gasteiger partial charge in [0, 0.05) is 5.69 Å². The molecule has 3 aromatic carbocycles. The van der Waals surface area contributed by atoms with Gasteiger partial charge in [0.15, 0.2) is 0 Å². The van der Waals surface area contributed by atoms with Gasteiger partial charge in [-0.3, -0.25) is 10.3 Å². The largest absolute Gasteiger partial charge is 5.00 e. The number of para-hydroxylation sites is 1. The van der Waals surface area contributed by atoms with Crippen LogP contribution in [0.3, 0.4) is 0 Å².